The molecule has 154 valence electrons. The molecule has 2 aliphatic heterocycles. The quantitative estimate of drug-likeness (QED) is 0.868. The van der Waals surface area contributed by atoms with Crippen molar-refractivity contribution in [2.24, 2.45) is 5.41 Å². The fourth-order valence-electron chi connectivity index (χ4n) is 4.96. The highest BCUT2D eigenvalue weighted by atomic mass is 16.3. The maximum absolute atomic E-state index is 13.1. The first-order valence-corrected chi connectivity index (χ1v) is 10.7. The van der Waals surface area contributed by atoms with Gasteiger partial charge in [0.25, 0.3) is 5.91 Å². The Morgan fingerprint density at radius 3 is 2.79 bits per heavy atom. The lowest BCUT2D eigenvalue weighted by Gasteiger charge is -2.51. The molecule has 2 atom stereocenters. The number of nitrogens with zero attached hydrogens (tertiary/aromatic N) is 3. The Balaban J connectivity index is 1.45. The smallest absolute Gasteiger partial charge is 0.272 e. The van der Waals surface area contributed by atoms with E-state index in [1.165, 1.54) is 5.56 Å². The minimum Gasteiger partial charge on any atom is -0.392 e. The lowest BCUT2D eigenvalue weighted by molar-refractivity contribution is -0.0784. The number of aliphatic hydroxyl groups is 1. The Bertz CT molecular complexity index is 841. The van der Waals surface area contributed by atoms with Crippen LogP contribution in [0.4, 0.5) is 0 Å². The van der Waals surface area contributed by atoms with Gasteiger partial charge in [-0.3, -0.25) is 9.78 Å². The van der Waals surface area contributed by atoms with Crippen LogP contribution >= 0.6 is 0 Å². The molecule has 2 aromatic rings. The number of benzene rings is 1. The highest BCUT2D eigenvalue weighted by Crippen LogP contribution is 2.39. The molecule has 2 aliphatic rings. The van der Waals surface area contributed by atoms with E-state index in [0.29, 0.717) is 12.2 Å². The summed E-state index contributed by atoms with van der Waals surface area (Å²) in [5, 5.41) is 10.9. The molecule has 2 fully saturated rings. The zero-order valence-corrected chi connectivity index (χ0v) is 17.3. The number of carbonyl (C=O) groups excluding carboxylic acids is 1. The highest BCUT2D eigenvalue weighted by Gasteiger charge is 2.46. The van der Waals surface area contributed by atoms with Gasteiger partial charge < -0.3 is 14.9 Å². The number of hydrogen-bond acceptors (Lipinski definition) is 4. The number of hydrogen-bond donors (Lipinski definition) is 1. The van der Waals surface area contributed by atoms with Crippen LogP contribution in [0.2, 0.25) is 0 Å². The first-order valence-electron chi connectivity index (χ1n) is 10.7. The van der Waals surface area contributed by atoms with E-state index in [0.717, 1.165) is 57.4 Å². The first kappa shape index (κ1) is 20.0. The Morgan fingerprint density at radius 1 is 1.17 bits per heavy atom. The van der Waals surface area contributed by atoms with E-state index in [1.807, 2.05) is 30.0 Å². The molecule has 1 N–H and O–H groups in total. The molecule has 2 saturated heterocycles. The minimum absolute atomic E-state index is 0.00390. The van der Waals surface area contributed by atoms with Crippen molar-refractivity contribution >= 4 is 5.91 Å². The number of amides is 1. The summed E-state index contributed by atoms with van der Waals surface area (Å²) < 4.78 is 0. The molecule has 1 amide bonds. The van der Waals surface area contributed by atoms with Crippen molar-refractivity contribution in [3.05, 3.63) is 65.5 Å². The number of carbonyl (C=O) groups is 1. The van der Waals surface area contributed by atoms with Crippen molar-refractivity contribution in [1.29, 1.82) is 0 Å². The van der Waals surface area contributed by atoms with Gasteiger partial charge in [-0.2, -0.15) is 0 Å². The Labute approximate surface area is 173 Å². The monoisotopic (exact) mass is 393 g/mol. The second-order valence-electron chi connectivity index (χ2n) is 8.68. The van der Waals surface area contributed by atoms with Gasteiger partial charge in [-0.15, -0.1) is 0 Å². The summed E-state index contributed by atoms with van der Waals surface area (Å²) in [6.45, 7) is 6.06. The van der Waals surface area contributed by atoms with Crippen LogP contribution in [-0.4, -0.2) is 64.6 Å². The molecule has 29 heavy (non-hydrogen) atoms. The summed E-state index contributed by atoms with van der Waals surface area (Å²) in [5.41, 5.74) is 2.56. The summed E-state index contributed by atoms with van der Waals surface area (Å²) in [7, 11) is 0. The topological polar surface area (TPSA) is 56.7 Å². The van der Waals surface area contributed by atoms with E-state index in [1.54, 1.807) is 6.20 Å². The van der Waals surface area contributed by atoms with Gasteiger partial charge in [-0.05, 0) is 49.8 Å². The maximum atomic E-state index is 13.1. The molecule has 0 aliphatic carbocycles. The molecule has 0 saturated carbocycles. The average molecular weight is 394 g/mol. The third-order valence-corrected chi connectivity index (χ3v) is 6.63. The summed E-state index contributed by atoms with van der Waals surface area (Å²) in [5.74, 6) is -0.00390. The number of likely N-dealkylation sites (tertiary alicyclic amines) is 2. The summed E-state index contributed by atoms with van der Waals surface area (Å²) in [6, 6.07) is 14.4. The Morgan fingerprint density at radius 2 is 2.00 bits per heavy atom. The van der Waals surface area contributed by atoms with Gasteiger partial charge in [0.15, 0.2) is 0 Å². The molecule has 0 radical (unpaired) electrons. The number of rotatable bonds is 4. The van der Waals surface area contributed by atoms with Crippen LogP contribution < -0.4 is 0 Å². The molecule has 0 unspecified atom stereocenters. The maximum Gasteiger partial charge on any atom is 0.272 e. The van der Waals surface area contributed by atoms with Gasteiger partial charge in [0.05, 0.1) is 6.10 Å². The summed E-state index contributed by atoms with van der Waals surface area (Å²) in [6.07, 6.45) is 5.03. The SMILES string of the molecule is Cc1cccnc1C(=O)N1CCC[C@@]2(CN(CCc3ccccc3)CC[C@H]2O)C1. The molecular formula is C24H31N3O2. The van der Waals surface area contributed by atoms with Crippen molar-refractivity contribution in [3.63, 3.8) is 0 Å². The third-order valence-electron chi connectivity index (χ3n) is 6.63. The Hall–Kier alpha value is -2.24. The van der Waals surface area contributed by atoms with Gasteiger partial charge in [0.2, 0.25) is 0 Å². The van der Waals surface area contributed by atoms with Gasteiger partial charge in [-0.1, -0.05) is 36.4 Å². The van der Waals surface area contributed by atoms with Crippen molar-refractivity contribution in [3.8, 4) is 0 Å². The number of piperidine rings is 2. The largest absolute Gasteiger partial charge is 0.392 e. The van der Waals surface area contributed by atoms with Crippen LogP contribution in [0.3, 0.4) is 0 Å². The van der Waals surface area contributed by atoms with E-state index in [-0.39, 0.29) is 17.4 Å². The molecule has 0 bridgehead atoms. The number of aliphatic hydroxyl groups excluding tert-OH is 1. The normalized spacial score (nSPS) is 25.3. The number of aryl methyl sites for hydroxylation is 1. The summed E-state index contributed by atoms with van der Waals surface area (Å²) >= 11 is 0. The van der Waals surface area contributed by atoms with E-state index in [9.17, 15) is 9.90 Å². The zero-order valence-electron chi connectivity index (χ0n) is 17.3. The number of pyridine rings is 1. The molecule has 1 spiro atoms. The molecule has 4 rings (SSSR count). The average Bonchev–Trinajstić information content (AvgIpc) is 2.75. The van der Waals surface area contributed by atoms with Crippen molar-refractivity contribution in [2.75, 3.05) is 32.7 Å². The number of aromatic nitrogens is 1. The van der Waals surface area contributed by atoms with Crippen LogP contribution in [0.15, 0.2) is 48.7 Å². The lowest BCUT2D eigenvalue weighted by Crippen LogP contribution is -2.60. The highest BCUT2D eigenvalue weighted by molar-refractivity contribution is 5.93. The molecule has 5 nitrogen and oxygen atoms in total. The first-order chi connectivity index (χ1) is 14.1. The minimum atomic E-state index is -0.351. The van der Waals surface area contributed by atoms with E-state index < -0.39 is 0 Å². The zero-order chi connectivity index (χ0) is 20.3. The van der Waals surface area contributed by atoms with E-state index in [2.05, 4.69) is 34.1 Å². The van der Waals surface area contributed by atoms with Gasteiger partial charge in [-0.25, -0.2) is 0 Å². The predicted octanol–water partition coefficient (Wildman–Crippen LogP) is 2.92. The van der Waals surface area contributed by atoms with Gasteiger partial charge in [0, 0.05) is 44.3 Å². The molecular weight excluding hydrogens is 362 g/mol. The van der Waals surface area contributed by atoms with Crippen molar-refractivity contribution < 1.29 is 9.90 Å². The van der Waals surface area contributed by atoms with Gasteiger partial charge >= 0.3 is 0 Å². The standard InChI is InChI=1S/C24H31N3O2/c1-19-7-5-13-25-22(19)23(29)27-14-6-12-24(18-27)17-26(16-11-21(24)28)15-10-20-8-3-2-4-9-20/h2-5,7-9,13,21,28H,6,10-12,14-18H2,1H3/t21-,24-/m1/s1. The third kappa shape index (κ3) is 4.36. The second kappa shape index (κ2) is 8.64. The van der Waals surface area contributed by atoms with E-state index >= 15 is 0 Å². The summed E-state index contributed by atoms with van der Waals surface area (Å²) in [4.78, 5) is 21.8. The van der Waals surface area contributed by atoms with Crippen LogP contribution in [0, 0.1) is 12.3 Å². The van der Waals surface area contributed by atoms with Crippen molar-refractivity contribution in [2.45, 2.75) is 38.7 Å². The van der Waals surface area contributed by atoms with Crippen molar-refractivity contribution in [1.82, 2.24) is 14.8 Å². The molecule has 1 aromatic carbocycles. The van der Waals surface area contributed by atoms with Crippen LogP contribution in [0.25, 0.3) is 0 Å². The second-order valence-corrected chi connectivity index (χ2v) is 8.68. The molecule has 5 heteroatoms. The fourth-order valence-corrected chi connectivity index (χ4v) is 4.96. The fraction of sp³-hybridized carbons (Fsp3) is 0.500. The lowest BCUT2D eigenvalue weighted by atomic mass is 9.71. The Kier molecular flexibility index (Phi) is 5.97. The van der Waals surface area contributed by atoms with Gasteiger partial charge in [0.1, 0.15) is 5.69 Å². The van der Waals surface area contributed by atoms with Crippen LogP contribution in [-0.2, 0) is 6.42 Å². The predicted molar refractivity (Wildman–Crippen MR) is 114 cm³/mol. The van der Waals surface area contributed by atoms with Crippen LogP contribution in [0.5, 0.6) is 0 Å². The molecule has 1 aromatic heterocycles. The molecule has 3 heterocycles. The van der Waals surface area contributed by atoms with Crippen LogP contribution in [0.1, 0.15) is 40.9 Å². The van der Waals surface area contributed by atoms with E-state index in [4.69, 9.17) is 0 Å².